The van der Waals surface area contributed by atoms with Crippen LogP contribution in [-0.2, 0) is 0 Å². The molecule has 5 heteroatoms. The minimum atomic E-state index is 0.132. The lowest BCUT2D eigenvalue weighted by Crippen LogP contribution is -2.35. The molecule has 5 rings (SSSR count). The van der Waals surface area contributed by atoms with E-state index in [1.807, 2.05) is 30.3 Å². The summed E-state index contributed by atoms with van der Waals surface area (Å²) in [6.07, 6.45) is 1.88. The molecule has 5 nitrogen and oxygen atoms in total. The van der Waals surface area contributed by atoms with E-state index in [1.165, 1.54) is 0 Å². The fraction of sp³-hybridized carbons (Fsp3) is 0.182. The monoisotopic (exact) mass is 354 g/mol. The smallest absolute Gasteiger partial charge is 0.227 e. The summed E-state index contributed by atoms with van der Waals surface area (Å²) >= 11 is 0. The second kappa shape index (κ2) is 5.49. The maximum Gasteiger partial charge on any atom is 0.227 e. The van der Waals surface area contributed by atoms with E-state index in [2.05, 4.69) is 53.9 Å². The van der Waals surface area contributed by atoms with Gasteiger partial charge in [0.05, 0.1) is 23.0 Å². The maximum atomic E-state index is 9.33. The summed E-state index contributed by atoms with van der Waals surface area (Å²) in [5.74, 6) is 0. The van der Waals surface area contributed by atoms with E-state index in [4.69, 9.17) is 4.42 Å². The lowest BCUT2D eigenvalue weighted by Gasteiger charge is -2.29. The summed E-state index contributed by atoms with van der Waals surface area (Å²) in [4.78, 5) is 8.83. The van der Waals surface area contributed by atoms with Gasteiger partial charge in [0.1, 0.15) is 11.7 Å². The molecule has 1 aliphatic rings. The van der Waals surface area contributed by atoms with E-state index in [-0.39, 0.29) is 6.17 Å². The van der Waals surface area contributed by atoms with Crippen molar-refractivity contribution >= 4 is 39.1 Å². The van der Waals surface area contributed by atoms with E-state index in [0.717, 1.165) is 39.0 Å². The van der Waals surface area contributed by atoms with Crippen molar-refractivity contribution in [2.75, 3.05) is 16.8 Å². The molecule has 0 fully saturated rings. The first-order chi connectivity index (χ1) is 13.1. The van der Waals surface area contributed by atoms with Crippen LogP contribution in [0.25, 0.3) is 22.1 Å². The number of rotatable bonds is 1. The molecule has 0 unspecified atom stereocenters. The number of aryl methyl sites for hydroxylation is 1. The zero-order valence-corrected chi connectivity index (χ0v) is 15.4. The second-order valence-electron chi connectivity index (χ2n) is 7.02. The zero-order valence-electron chi connectivity index (χ0n) is 15.4. The summed E-state index contributed by atoms with van der Waals surface area (Å²) in [7, 11) is 2.08. The van der Waals surface area contributed by atoms with E-state index in [1.54, 1.807) is 6.20 Å². The molecular weight excluding hydrogens is 336 g/mol. The van der Waals surface area contributed by atoms with Crippen LogP contribution in [0.4, 0.5) is 17.1 Å². The van der Waals surface area contributed by atoms with Gasteiger partial charge in [0.2, 0.25) is 5.71 Å². The molecule has 0 spiro atoms. The quantitative estimate of drug-likeness (QED) is 0.476. The van der Waals surface area contributed by atoms with Gasteiger partial charge in [-0.25, -0.2) is 4.98 Å². The van der Waals surface area contributed by atoms with Crippen LogP contribution in [0, 0.1) is 18.3 Å². The number of nitrogens with zero attached hydrogens (tertiary/aromatic N) is 4. The maximum absolute atomic E-state index is 9.33. The highest BCUT2D eigenvalue weighted by molar-refractivity contribution is 6.05. The summed E-state index contributed by atoms with van der Waals surface area (Å²) in [6, 6.07) is 16.3. The SMILES string of the molecule is Cc1cc2c(cc1N1c3cc(C#N)ccc3N(C)[C@@H]1C)oc1ncccc12. The third kappa shape index (κ3) is 2.13. The number of anilines is 3. The van der Waals surface area contributed by atoms with E-state index in [0.29, 0.717) is 11.3 Å². The molecule has 2 aromatic carbocycles. The Morgan fingerprint density at radius 2 is 1.93 bits per heavy atom. The molecule has 0 saturated heterocycles. The number of fused-ring (bicyclic) bond motifs is 4. The number of hydrogen-bond donors (Lipinski definition) is 0. The van der Waals surface area contributed by atoms with Crippen molar-refractivity contribution in [1.82, 2.24) is 4.98 Å². The van der Waals surface area contributed by atoms with E-state index in [9.17, 15) is 5.26 Å². The molecule has 0 amide bonds. The van der Waals surface area contributed by atoms with Crippen LogP contribution in [-0.4, -0.2) is 18.2 Å². The Bertz CT molecular complexity index is 1250. The minimum absolute atomic E-state index is 0.132. The molecule has 132 valence electrons. The molecule has 1 aliphatic heterocycles. The van der Waals surface area contributed by atoms with Gasteiger partial charge in [-0.2, -0.15) is 5.26 Å². The Kier molecular flexibility index (Phi) is 3.19. The first-order valence-electron chi connectivity index (χ1n) is 8.92. The third-order valence-corrected chi connectivity index (χ3v) is 5.50. The van der Waals surface area contributed by atoms with E-state index >= 15 is 0 Å². The Morgan fingerprint density at radius 1 is 1.07 bits per heavy atom. The summed E-state index contributed by atoms with van der Waals surface area (Å²) in [6.45, 7) is 4.28. The average Bonchev–Trinajstić information content (AvgIpc) is 3.16. The van der Waals surface area contributed by atoms with Gasteiger partial charge < -0.3 is 14.2 Å². The standard InChI is InChI=1S/C22H18N4O/c1-13-9-17-16-5-4-8-24-22(16)27-21(17)11-19(13)26-14(2)25(3)18-7-6-15(12-23)10-20(18)26/h4-11,14H,1-3H3/t14-/m0/s1. The van der Waals surface area contributed by atoms with Crippen LogP contribution in [0.2, 0.25) is 0 Å². The molecule has 0 radical (unpaired) electrons. The van der Waals surface area contributed by atoms with Gasteiger partial charge in [0.15, 0.2) is 0 Å². The molecule has 0 N–H and O–H groups in total. The first-order valence-corrected chi connectivity index (χ1v) is 8.92. The van der Waals surface area contributed by atoms with Gasteiger partial charge in [0.25, 0.3) is 0 Å². The molecule has 4 aromatic rings. The predicted molar refractivity (Wildman–Crippen MR) is 107 cm³/mol. The van der Waals surface area contributed by atoms with Gasteiger partial charge in [-0.15, -0.1) is 0 Å². The fourth-order valence-corrected chi connectivity index (χ4v) is 4.00. The molecule has 0 aliphatic carbocycles. The van der Waals surface area contributed by atoms with Crippen molar-refractivity contribution in [2.24, 2.45) is 0 Å². The van der Waals surface area contributed by atoms with Crippen LogP contribution in [0.3, 0.4) is 0 Å². The van der Waals surface area contributed by atoms with Crippen molar-refractivity contribution < 1.29 is 4.42 Å². The zero-order chi connectivity index (χ0) is 18.7. The summed E-state index contributed by atoms with van der Waals surface area (Å²) in [5, 5.41) is 11.4. The Labute approximate surface area is 157 Å². The fourth-order valence-electron chi connectivity index (χ4n) is 4.00. The normalized spacial score (nSPS) is 16.1. The highest BCUT2D eigenvalue weighted by Gasteiger charge is 2.33. The number of nitriles is 1. The number of furan rings is 1. The van der Waals surface area contributed by atoms with Crippen molar-refractivity contribution in [3.05, 3.63) is 59.8 Å². The molecular formula is C22H18N4O. The predicted octanol–water partition coefficient (Wildman–Crippen LogP) is 5.10. The van der Waals surface area contributed by atoms with Gasteiger partial charge in [-0.3, -0.25) is 0 Å². The lowest BCUT2D eigenvalue weighted by molar-refractivity contribution is 0.653. The molecule has 0 saturated carbocycles. The molecule has 2 aromatic heterocycles. The highest BCUT2D eigenvalue weighted by Crippen LogP contribution is 2.46. The Balaban J connectivity index is 1.75. The van der Waals surface area contributed by atoms with Crippen LogP contribution in [0.5, 0.6) is 0 Å². The number of benzene rings is 2. The molecule has 1 atom stereocenters. The van der Waals surface area contributed by atoms with Gasteiger partial charge in [-0.1, -0.05) is 0 Å². The largest absolute Gasteiger partial charge is 0.438 e. The molecule has 0 bridgehead atoms. The van der Waals surface area contributed by atoms with Gasteiger partial charge in [0, 0.05) is 35.8 Å². The minimum Gasteiger partial charge on any atom is -0.438 e. The van der Waals surface area contributed by atoms with Crippen molar-refractivity contribution in [3.63, 3.8) is 0 Å². The van der Waals surface area contributed by atoms with Crippen molar-refractivity contribution in [3.8, 4) is 6.07 Å². The van der Waals surface area contributed by atoms with Crippen molar-refractivity contribution in [2.45, 2.75) is 20.0 Å². The van der Waals surface area contributed by atoms with Crippen LogP contribution in [0.1, 0.15) is 18.1 Å². The number of pyridine rings is 1. The summed E-state index contributed by atoms with van der Waals surface area (Å²) in [5.41, 5.74) is 6.53. The van der Waals surface area contributed by atoms with Crippen LogP contribution >= 0.6 is 0 Å². The number of hydrogen-bond acceptors (Lipinski definition) is 5. The summed E-state index contributed by atoms with van der Waals surface area (Å²) < 4.78 is 6.00. The molecule has 3 heterocycles. The third-order valence-electron chi connectivity index (χ3n) is 5.50. The van der Waals surface area contributed by atoms with Crippen molar-refractivity contribution in [1.29, 1.82) is 5.26 Å². The average molecular weight is 354 g/mol. The Morgan fingerprint density at radius 3 is 2.74 bits per heavy atom. The van der Waals surface area contributed by atoms with Crippen LogP contribution < -0.4 is 9.80 Å². The van der Waals surface area contributed by atoms with Crippen LogP contribution in [0.15, 0.2) is 53.1 Å². The lowest BCUT2D eigenvalue weighted by atomic mass is 10.1. The second-order valence-corrected chi connectivity index (χ2v) is 7.02. The number of aromatic nitrogens is 1. The topological polar surface area (TPSA) is 56.3 Å². The highest BCUT2D eigenvalue weighted by atomic mass is 16.3. The van der Waals surface area contributed by atoms with Gasteiger partial charge in [-0.05, 0) is 55.8 Å². The van der Waals surface area contributed by atoms with E-state index < -0.39 is 0 Å². The first kappa shape index (κ1) is 15.7. The van der Waals surface area contributed by atoms with Gasteiger partial charge >= 0.3 is 0 Å². The molecule has 27 heavy (non-hydrogen) atoms. The Hall–Kier alpha value is -3.52.